The van der Waals surface area contributed by atoms with E-state index in [4.69, 9.17) is 5.11 Å². The third kappa shape index (κ3) is 1.60. The molecule has 0 saturated carbocycles. The van der Waals surface area contributed by atoms with Gasteiger partial charge in [0.15, 0.2) is 0 Å². The van der Waals surface area contributed by atoms with Crippen molar-refractivity contribution in [3.05, 3.63) is 33.9 Å². The van der Waals surface area contributed by atoms with Crippen molar-refractivity contribution in [1.82, 2.24) is 4.98 Å². The Balaban J connectivity index is 2.51. The normalized spacial score (nSPS) is 10.4. The van der Waals surface area contributed by atoms with Crippen molar-refractivity contribution >= 4 is 33.2 Å². The molecule has 0 amide bonds. The second-order valence-electron chi connectivity index (χ2n) is 2.69. The largest absolute Gasteiger partial charge is 0.478 e. The van der Waals surface area contributed by atoms with Gasteiger partial charge in [-0.05, 0) is 28.1 Å². The molecular weight excluding hydrogens is 266 g/mol. The molecule has 14 heavy (non-hydrogen) atoms. The van der Waals surface area contributed by atoms with E-state index in [1.165, 1.54) is 17.5 Å². The van der Waals surface area contributed by atoms with Crippen molar-refractivity contribution in [3.8, 4) is 10.4 Å². The average Bonchev–Trinajstić information content (AvgIpc) is 2.70. The Labute approximate surface area is 92.5 Å². The quantitative estimate of drug-likeness (QED) is 0.882. The molecule has 0 aromatic carbocycles. The number of carbonyl (C=O) groups is 1. The lowest BCUT2D eigenvalue weighted by molar-refractivity contribution is 0.0698. The van der Waals surface area contributed by atoms with Crippen molar-refractivity contribution < 1.29 is 9.90 Å². The highest BCUT2D eigenvalue weighted by Gasteiger charge is 2.13. The number of hydrogen-bond donors (Lipinski definition) is 2. The van der Waals surface area contributed by atoms with Gasteiger partial charge in [-0.15, -0.1) is 11.3 Å². The third-order valence-corrected chi connectivity index (χ3v) is 3.47. The van der Waals surface area contributed by atoms with Crippen LogP contribution in [0.25, 0.3) is 10.4 Å². The highest BCUT2D eigenvalue weighted by Crippen LogP contribution is 2.33. The molecule has 72 valence electrons. The number of carboxylic acid groups (broad SMARTS) is 1. The zero-order valence-corrected chi connectivity index (χ0v) is 9.35. The lowest BCUT2D eigenvalue weighted by Crippen LogP contribution is -1.94. The molecule has 0 aliphatic rings. The van der Waals surface area contributed by atoms with E-state index in [9.17, 15) is 4.79 Å². The molecule has 3 nitrogen and oxygen atoms in total. The van der Waals surface area contributed by atoms with Crippen LogP contribution in [-0.4, -0.2) is 16.1 Å². The van der Waals surface area contributed by atoms with Crippen LogP contribution in [0.2, 0.25) is 0 Å². The van der Waals surface area contributed by atoms with E-state index >= 15 is 0 Å². The van der Waals surface area contributed by atoms with Gasteiger partial charge in [-0.1, -0.05) is 0 Å². The molecule has 5 heteroatoms. The van der Waals surface area contributed by atoms with Crippen molar-refractivity contribution in [2.24, 2.45) is 0 Å². The van der Waals surface area contributed by atoms with Gasteiger partial charge in [0, 0.05) is 22.8 Å². The molecule has 2 heterocycles. The highest BCUT2D eigenvalue weighted by atomic mass is 79.9. The monoisotopic (exact) mass is 271 g/mol. The Kier molecular flexibility index (Phi) is 2.43. The lowest BCUT2D eigenvalue weighted by Gasteiger charge is -1.94. The molecule has 0 radical (unpaired) electrons. The molecular formula is C9H6BrNO2S. The number of carboxylic acids is 1. The molecule has 0 fully saturated rings. The zero-order valence-electron chi connectivity index (χ0n) is 6.95. The second kappa shape index (κ2) is 3.59. The summed E-state index contributed by atoms with van der Waals surface area (Å²) >= 11 is 4.85. The van der Waals surface area contributed by atoms with E-state index in [0.29, 0.717) is 5.56 Å². The number of rotatable bonds is 2. The van der Waals surface area contributed by atoms with Crippen LogP contribution in [0.3, 0.4) is 0 Å². The van der Waals surface area contributed by atoms with E-state index in [-0.39, 0.29) is 0 Å². The number of halogens is 1. The maximum Gasteiger partial charge on any atom is 0.337 e. The van der Waals surface area contributed by atoms with Gasteiger partial charge in [0.1, 0.15) is 0 Å². The van der Waals surface area contributed by atoms with Crippen LogP contribution in [0.1, 0.15) is 10.4 Å². The highest BCUT2D eigenvalue weighted by molar-refractivity contribution is 9.11. The summed E-state index contributed by atoms with van der Waals surface area (Å²) < 4.78 is 0.991. The molecule has 0 saturated heterocycles. The summed E-state index contributed by atoms with van der Waals surface area (Å²) in [6, 6.07) is 3.79. The van der Waals surface area contributed by atoms with E-state index in [0.717, 1.165) is 14.2 Å². The molecule has 0 bridgehead atoms. The van der Waals surface area contributed by atoms with Crippen molar-refractivity contribution in [2.75, 3.05) is 0 Å². The third-order valence-electron chi connectivity index (χ3n) is 1.81. The summed E-state index contributed by atoms with van der Waals surface area (Å²) in [4.78, 5) is 14.6. The summed E-state index contributed by atoms with van der Waals surface area (Å²) in [6.07, 6.45) is 3.19. The minimum atomic E-state index is -0.911. The minimum Gasteiger partial charge on any atom is -0.478 e. The summed E-state index contributed by atoms with van der Waals surface area (Å²) in [7, 11) is 0. The van der Waals surface area contributed by atoms with E-state index in [1.54, 1.807) is 6.20 Å². The SMILES string of the molecule is O=C(O)c1c[nH]cc1-c1ccc(Br)s1. The van der Waals surface area contributed by atoms with Crippen LogP contribution in [0.15, 0.2) is 28.3 Å². The summed E-state index contributed by atoms with van der Waals surface area (Å²) in [5.74, 6) is -0.911. The molecule has 0 aliphatic heterocycles. The number of hydrogen-bond acceptors (Lipinski definition) is 2. The standard InChI is InChI=1S/C9H6BrNO2S/c10-8-2-1-7(14-8)5-3-11-4-6(5)9(12)13/h1-4,11H,(H,12,13). The molecule has 0 unspecified atom stereocenters. The van der Waals surface area contributed by atoms with Crippen molar-refractivity contribution in [3.63, 3.8) is 0 Å². The Morgan fingerprint density at radius 3 is 2.79 bits per heavy atom. The number of H-pyrrole nitrogens is 1. The first kappa shape index (κ1) is 9.48. The van der Waals surface area contributed by atoms with Gasteiger partial charge >= 0.3 is 5.97 Å². The van der Waals surface area contributed by atoms with Gasteiger partial charge in [-0.3, -0.25) is 0 Å². The summed E-state index contributed by atoms with van der Waals surface area (Å²) in [6.45, 7) is 0. The topological polar surface area (TPSA) is 53.1 Å². The fraction of sp³-hybridized carbons (Fsp3) is 0. The van der Waals surface area contributed by atoms with Crippen LogP contribution < -0.4 is 0 Å². The first-order valence-corrected chi connectivity index (χ1v) is 5.45. The Hall–Kier alpha value is -1.07. The first-order chi connectivity index (χ1) is 6.68. The Morgan fingerprint density at radius 1 is 1.43 bits per heavy atom. The van der Waals surface area contributed by atoms with Gasteiger partial charge in [-0.2, -0.15) is 0 Å². The predicted molar refractivity (Wildman–Crippen MR) is 58.8 cm³/mol. The first-order valence-electron chi connectivity index (χ1n) is 3.84. The zero-order chi connectivity index (χ0) is 10.1. The Morgan fingerprint density at radius 2 is 2.21 bits per heavy atom. The average molecular weight is 272 g/mol. The maximum absolute atomic E-state index is 10.8. The molecule has 0 aliphatic carbocycles. The van der Waals surface area contributed by atoms with E-state index in [2.05, 4.69) is 20.9 Å². The molecule has 2 aromatic heterocycles. The Bertz CT molecular complexity index is 475. The lowest BCUT2D eigenvalue weighted by atomic mass is 10.2. The maximum atomic E-state index is 10.8. The number of thiophene rings is 1. The second-order valence-corrected chi connectivity index (χ2v) is 5.15. The number of aromatic carboxylic acids is 1. The molecule has 0 atom stereocenters. The van der Waals surface area contributed by atoms with Crippen LogP contribution in [-0.2, 0) is 0 Å². The predicted octanol–water partition coefficient (Wildman–Crippen LogP) is 3.20. The van der Waals surface area contributed by atoms with Gasteiger partial charge in [0.25, 0.3) is 0 Å². The number of nitrogens with one attached hydrogen (secondary N) is 1. The van der Waals surface area contributed by atoms with Crippen molar-refractivity contribution in [1.29, 1.82) is 0 Å². The van der Waals surface area contributed by atoms with Crippen LogP contribution in [0, 0.1) is 0 Å². The number of aromatic nitrogens is 1. The van der Waals surface area contributed by atoms with E-state index < -0.39 is 5.97 Å². The molecule has 2 rings (SSSR count). The van der Waals surface area contributed by atoms with Gasteiger partial charge in [-0.25, -0.2) is 4.79 Å². The van der Waals surface area contributed by atoms with Gasteiger partial charge in [0.05, 0.1) is 9.35 Å². The van der Waals surface area contributed by atoms with Gasteiger partial charge < -0.3 is 10.1 Å². The summed E-state index contributed by atoms with van der Waals surface area (Å²) in [5.41, 5.74) is 1.03. The minimum absolute atomic E-state index is 0.305. The fourth-order valence-corrected chi connectivity index (χ4v) is 2.62. The van der Waals surface area contributed by atoms with Crippen molar-refractivity contribution in [2.45, 2.75) is 0 Å². The summed E-state index contributed by atoms with van der Waals surface area (Å²) in [5, 5.41) is 8.90. The van der Waals surface area contributed by atoms with Crippen LogP contribution >= 0.6 is 27.3 Å². The molecule has 2 N–H and O–H groups in total. The fourth-order valence-electron chi connectivity index (χ4n) is 1.20. The van der Waals surface area contributed by atoms with E-state index in [1.807, 2.05) is 12.1 Å². The van der Waals surface area contributed by atoms with Crippen LogP contribution in [0.4, 0.5) is 0 Å². The van der Waals surface area contributed by atoms with Crippen LogP contribution in [0.5, 0.6) is 0 Å². The smallest absolute Gasteiger partial charge is 0.337 e. The van der Waals surface area contributed by atoms with Gasteiger partial charge in [0.2, 0.25) is 0 Å². The molecule has 2 aromatic rings. The molecule has 0 spiro atoms. The number of aromatic amines is 1.